The van der Waals surface area contributed by atoms with Crippen molar-refractivity contribution in [3.05, 3.63) is 69.3 Å². The fraction of sp³-hybridized carbons (Fsp3) is 0.190. The molecule has 0 spiro atoms. The minimum absolute atomic E-state index is 0.162. The number of barbiturate groups is 1. The number of rotatable bonds is 5. The van der Waals surface area contributed by atoms with Gasteiger partial charge < -0.3 is 4.74 Å². The lowest BCUT2D eigenvalue weighted by Crippen LogP contribution is -2.54. The molecular weight excluding hydrogens is 390 g/mol. The molecule has 4 amide bonds. The molecule has 30 heavy (non-hydrogen) atoms. The number of urea groups is 1. The van der Waals surface area contributed by atoms with E-state index in [1.165, 1.54) is 31.4 Å². The molecule has 1 fully saturated rings. The SMILES string of the molecule is COc1ccc([N+](=O)[O-])cc1/C=C1/C(=O)NC(=O)N(c2ccc(C(C)C)cc2)C1=O. The molecule has 1 N–H and O–H groups in total. The van der Waals surface area contributed by atoms with Crippen molar-refractivity contribution in [2.45, 2.75) is 19.8 Å². The van der Waals surface area contributed by atoms with Crippen LogP contribution in [0, 0.1) is 10.1 Å². The Morgan fingerprint density at radius 3 is 2.33 bits per heavy atom. The highest BCUT2D eigenvalue weighted by atomic mass is 16.6. The number of carbonyl (C=O) groups excluding carboxylic acids is 3. The number of nitro benzene ring substituents is 1. The molecule has 0 aliphatic carbocycles. The van der Waals surface area contributed by atoms with Crippen LogP contribution in [0.3, 0.4) is 0 Å². The van der Waals surface area contributed by atoms with Crippen LogP contribution >= 0.6 is 0 Å². The maximum Gasteiger partial charge on any atom is 0.335 e. The van der Waals surface area contributed by atoms with Crippen LogP contribution in [0.2, 0.25) is 0 Å². The third-order valence-corrected chi connectivity index (χ3v) is 4.64. The van der Waals surface area contributed by atoms with Gasteiger partial charge in [0, 0.05) is 17.7 Å². The summed E-state index contributed by atoms with van der Waals surface area (Å²) in [6.45, 7) is 4.03. The van der Waals surface area contributed by atoms with Gasteiger partial charge in [0.05, 0.1) is 17.7 Å². The van der Waals surface area contributed by atoms with E-state index >= 15 is 0 Å². The van der Waals surface area contributed by atoms with Gasteiger partial charge in [-0.25, -0.2) is 9.69 Å². The van der Waals surface area contributed by atoms with Crippen molar-refractivity contribution < 1.29 is 24.0 Å². The Labute approximate surface area is 172 Å². The van der Waals surface area contributed by atoms with Gasteiger partial charge >= 0.3 is 6.03 Å². The van der Waals surface area contributed by atoms with Crippen molar-refractivity contribution in [2.75, 3.05) is 12.0 Å². The van der Waals surface area contributed by atoms with Crippen LogP contribution in [0.1, 0.15) is 30.9 Å². The van der Waals surface area contributed by atoms with Gasteiger partial charge in [-0.2, -0.15) is 0 Å². The van der Waals surface area contributed by atoms with E-state index in [2.05, 4.69) is 5.32 Å². The average molecular weight is 409 g/mol. The van der Waals surface area contributed by atoms with Crippen LogP contribution in [0.25, 0.3) is 6.08 Å². The lowest BCUT2D eigenvalue weighted by molar-refractivity contribution is -0.384. The predicted octanol–water partition coefficient (Wildman–Crippen LogP) is 3.39. The van der Waals surface area contributed by atoms with Crippen LogP contribution in [0.15, 0.2) is 48.0 Å². The van der Waals surface area contributed by atoms with Gasteiger partial charge in [0.15, 0.2) is 0 Å². The molecule has 3 rings (SSSR count). The summed E-state index contributed by atoms with van der Waals surface area (Å²) in [6.07, 6.45) is 1.17. The third kappa shape index (κ3) is 3.90. The molecule has 0 aromatic heterocycles. The molecule has 0 atom stereocenters. The first-order valence-corrected chi connectivity index (χ1v) is 9.06. The number of nitrogens with one attached hydrogen (secondary N) is 1. The fourth-order valence-corrected chi connectivity index (χ4v) is 3.00. The molecule has 1 heterocycles. The molecule has 0 radical (unpaired) electrons. The van der Waals surface area contributed by atoms with Crippen LogP contribution in [-0.2, 0) is 9.59 Å². The van der Waals surface area contributed by atoms with Crippen molar-refractivity contribution in [3.8, 4) is 5.75 Å². The molecule has 2 aromatic rings. The molecule has 9 heteroatoms. The zero-order valence-corrected chi connectivity index (χ0v) is 16.5. The number of non-ortho nitro benzene ring substituents is 1. The Morgan fingerprint density at radius 1 is 1.10 bits per heavy atom. The van der Waals surface area contributed by atoms with Crippen molar-refractivity contribution in [1.82, 2.24) is 5.32 Å². The molecule has 0 saturated carbocycles. The van der Waals surface area contributed by atoms with Crippen LogP contribution < -0.4 is 15.0 Å². The zero-order chi connectivity index (χ0) is 22.0. The van der Waals surface area contributed by atoms with E-state index in [1.807, 2.05) is 13.8 Å². The third-order valence-electron chi connectivity index (χ3n) is 4.64. The first kappa shape index (κ1) is 20.7. The van der Waals surface area contributed by atoms with E-state index in [-0.39, 0.29) is 28.5 Å². The Morgan fingerprint density at radius 2 is 1.77 bits per heavy atom. The van der Waals surface area contributed by atoms with Gasteiger partial charge in [0.1, 0.15) is 11.3 Å². The highest BCUT2D eigenvalue weighted by Gasteiger charge is 2.37. The Kier molecular flexibility index (Phi) is 5.63. The second-order valence-corrected chi connectivity index (χ2v) is 6.89. The maximum atomic E-state index is 13.0. The topological polar surface area (TPSA) is 119 Å². The number of amides is 4. The average Bonchev–Trinajstić information content (AvgIpc) is 2.71. The number of benzene rings is 2. The van der Waals surface area contributed by atoms with Crippen LogP contribution in [-0.4, -0.2) is 29.9 Å². The Balaban J connectivity index is 2.04. The normalized spacial score (nSPS) is 15.5. The molecule has 9 nitrogen and oxygen atoms in total. The molecule has 0 bridgehead atoms. The summed E-state index contributed by atoms with van der Waals surface area (Å²) in [4.78, 5) is 49.0. The largest absolute Gasteiger partial charge is 0.496 e. The van der Waals surface area contributed by atoms with E-state index in [1.54, 1.807) is 24.3 Å². The molecular formula is C21H19N3O6. The number of methoxy groups -OCH3 is 1. The minimum Gasteiger partial charge on any atom is -0.496 e. The van der Waals surface area contributed by atoms with Gasteiger partial charge in [0.2, 0.25) is 0 Å². The van der Waals surface area contributed by atoms with E-state index in [0.717, 1.165) is 10.5 Å². The summed E-state index contributed by atoms with van der Waals surface area (Å²) in [5, 5.41) is 13.2. The van der Waals surface area contributed by atoms with Crippen LogP contribution in [0.4, 0.5) is 16.2 Å². The summed E-state index contributed by atoms with van der Waals surface area (Å²) in [5.41, 5.74) is 0.905. The zero-order valence-electron chi connectivity index (χ0n) is 16.5. The Hall–Kier alpha value is -4.01. The van der Waals surface area contributed by atoms with Crippen molar-refractivity contribution in [1.29, 1.82) is 0 Å². The number of anilines is 1. The maximum absolute atomic E-state index is 13.0. The number of imide groups is 2. The monoisotopic (exact) mass is 409 g/mol. The van der Waals surface area contributed by atoms with Gasteiger partial charge in [-0.15, -0.1) is 0 Å². The predicted molar refractivity (Wildman–Crippen MR) is 109 cm³/mol. The van der Waals surface area contributed by atoms with Gasteiger partial charge in [-0.05, 0) is 35.8 Å². The van der Waals surface area contributed by atoms with Crippen molar-refractivity contribution in [3.63, 3.8) is 0 Å². The summed E-state index contributed by atoms with van der Waals surface area (Å²) < 4.78 is 5.17. The van der Waals surface area contributed by atoms with E-state index in [4.69, 9.17) is 4.74 Å². The summed E-state index contributed by atoms with van der Waals surface area (Å²) in [7, 11) is 1.36. The number of hydrogen-bond acceptors (Lipinski definition) is 6. The Bertz CT molecular complexity index is 1070. The molecule has 2 aromatic carbocycles. The molecule has 1 aliphatic rings. The summed E-state index contributed by atoms with van der Waals surface area (Å²) in [5.74, 6) is -1.23. The quantitative estimate of drug-likeness (QED) is 0.350. The molecule has 0 unspecified atom stereocenters. The summed E-state index contributed by atoms with van der Waals surface area (Å²) >= 11 is 0. The number of carbonyl (C=O) groups is 3. The molecule has 154 valence electrons. The number of ether oxygens (including phenoxy) is 1. The smallest absolute Gasteiger partial charge is 0.335 e. The van der Waals surface area contributed by atoms with E-state index in [9.17, 15) is 24.5 Å². The minimum atomic E-state index is -0.895. The second-order valence-electron chi connectivity index (χ2n) is 6.89. The summed E-state index contributed by atoms with van der Waals surface area (Å²) in [6, 6.07) is 9.75. The van der Waals surface area contributed by atoms with Crippen molar-refractivity contribution in [2.24, 2.45) is 0 Å². The molecule has 1 saturated heterocycles. The first-order chi connectivity index (χ1) is 14.2. The van der Waals surface area contributed by atoms with E-state index in [0.29, 0.717) is 5.69 Å². The molecule has 1 aliphatic heterocycles. The highest BCUT2D eigenvalue weighted by Crippen LogP contribution is 2.29. The fourth-order valence-electron chi connectivity index (χ4n) is 3.00. The standard InChI is InChI=1S/C21H19N3O6/c1-12(2)13-4-6-15(7-5-13)23-20(26)17(19(25)22-21(23)27)11-14-10-16(24(28)29)8-9-18(14)30-3/h4-12H,1-3H3,(H,22,25,27)/b17-11-. The number of nitro groups is 1. The van der Waals surface area contributed by atoms with Crippen LogP contribution in [0.5, 0.6) is 5.75 Å². The lowest BCUT2D eigenvalue weighted by Gasteiger charge is -2.26. The highest BCUT2D eigenvalue weighted by molar-refractivity contribution is 6.39. The van der Waals surface area contributed by atoms with Gasteiger partial charge in [0.25, 0.3) is 17.5 Å². The van der Waals surface area contributed by atoms with Gasteiger partial charge in [-0.3, -0.25) is 25.0 Å². The van der Waals surface area contributed by atoms with E-state index < -0.39 is 22.8 Å². The first-order valence-electron chi connectivity index (χ1n) is 9.06. The second kappa shape index (κ2) is 8.16. The van der Waals surface area contributed by atoms with Crippen molar-refractivity contribution >= 4 is 35.3 Å². The van der Waals surface area contributed by atoms with Gasteiger partial charge in [-0.1, -0.05) is 26.0 Å². The number of nitrogens with zero attached hydrogens (tertiary/aromatic N) is 2. The number of hydrogen-bond donors (Lipinski definition) is 1. The lowest BCUT2D eigenvalue weighted by atomic mass is 10.0.